The van der Waals surface area contributed by atoms with Crippen LogP contribution in [0.15, 0.2) is 84.9 Å². The van der Waals surface area contributed by atoms with Crippen LogP contribution in [-0.2, 0) is 0 Å². The third-order valence-electron chi connectivity index (χ3n) is 4.87. The van der Waals surface area contributed by atoms with E-state index in [-0.39, 0.29) is 44.2 Å². The van der Waals surface area contributed by atoms with Crippen LogP contribution >= 0.6 is 12.4 Å². The van der Waals surface area contributed by atoms with E-state index in [0.717, 1.165) is 22.3 Å². The summed E-state index contributed by atoms with van der Waals surface area (Å²) in [5.74, 6) is 1.51. The van der Waals surface area contributed by atoms with Gasteiger partial charge in [0, 0.05) is 13.1 Å². The van der Waals surface area contributed by atoms with E-state index in [2.05, 4.69) is 0 Å². The lowest BCUT2D eigenvalue weighted by molar-refractivity contribution is 0.114. The third kappa shape index (κ3) is 8.79. The van der Waals surface area contributed by atoms with Crippen molar-refractivity contribution in [1.82, 2.24) is 0 Å². The van der Waals surface area contributed by atoms with Crippen LogP contribution in [0.1, 0.15) is 0 Å². The van der Waals surface area contributed by atoms with Gasteiger partial charge in [-0.15, -0.1) is 12.4 Å². The molecule has 0 amide bonds. The fourth-order valence-electron chi connectivity index (χ4n) is 3.04. The Labute approximate surface area is 205 Å². The molecule has 8 N–H and O–H groups in total. The molecule has 2 unspecified atom stereocenters. The van der Waals surface area contributed by atoms with Gasteiger partial charge in [-0.2, -0.15) is 0 Å². The molecule has 34 heavy (non-hydrogen) atoms. The maximum absolute atomic E-state index is 9.28. The molecule has 4 rings (SSSR count). The highest BCUT2D eigenvalue weighted by molar-refractivity contribution is 5.85. The first-order chi connectivity index (χ1) is 15.6. The Kier molecular flexibility index (Phi) is 12.9. The molecule has 0 aliphatic carbocycles. The molecule has 2 atom stereocenters. The van der Waals surface area contributed by atoms with E-state index in [4.69, 9.17) is 20.9 Å². The second-order valence-corrected chi connectivity index (χ2v) is 7.42. The van der Waals surface area contributed by atoms with Crippen molar-refractivity contribution in [3.8, 4) is 11.5 Å². The molecule has 7 nitrogen and oxygen atoms in total. The standard InChI is InChI=1S/2C13H15NO2.ClH.H2O/c2*14-8-12(15)9-16-13-6-5-10-3-1-2-4-11(10)7-13;;/h2*1-7,12,15H,8-9,14H2;1H;1H2. The Morgan fingerprint density at radius 1 is 0.588 bits per heavy atom. The van der Waals surface area contributed by atoms with Gasteiger partial charge in [-0.3, -0.25) is 0 Å². The lowest BCUT2D eigenvalue weighted by Crippen LogP contribution is -2.26. The molecule has 4 aromatic carbocycles. The summed E-state index contributed by atoms with van der Waals surface area (Å²) < 4.78 is 10.9. The van der Waals surface area contributed by atoms with Gasteiger partial charge in [-0.05, 0) is 45.8 Å². The fraction of sp³-hybridized carbons (Fsp3) is 0.231. The van der Waals surface area contributed by atoms with Crippen molar-refractivity contribution in [2.45, 2.75) is 12.2 Å². The molecule has 0 radical (unpaired) electrons. The quantitative estimate of drug-likeness (QED) is 0.300. The molecule has 4 aromatic rings. The van der Waals surface area contributed by atoms with Crippen molar-refractivity contribution in [1.29, 1.82) is 0 Å². The number of aliphatic hydroxyl groups excluding tert-OH is 2. The van der Waals surface area contributed by atoms with Crippen LogP contribution in [0.25, 0.3) is 21.5 Å². The van der Waals surface area contributed by atoms with Crippen LogP contribution < -0.4 is 20.9 Å². The van der Waals surface area contributed by atoms with Gasteiger partial charge in [-0.1, -0.05) is 60.7 Å². The van der Waals surface area contributed by atoms with E-state index >= 15 is 0 Å². The molecular formula is C26H33ClN2O5. The molecule has 0 spiro atoms. The normalized spacial score (nSPS) is 11.9. The number of benzene rings is 4. The number of nitrogens with two attached hydrogens (primary N) is 2. The van der Waals surface area contributed by atoms with Crippen LogP contribution in [0, 0.1) is 0 Å². The van der Waals surface area contributed by atoms with Crippen molar-refractivity contribution < 1.29 is 25.2 Å². The monoisotopic (exact) mass is 488 g/mol. The van der Waals surface area contributed by atoms with Gasteiger partial charge in [0.25, 0.3) is 0 Å². The summed E-state index contributed by atoms with van der Waals surface area (Å²) in [7, 11) is 0. The average molecular weight is 489 g/mol. The van der Waals surface area contributed by atoms with E-state index < -0.39 is 12.2 Å². The minimum absolute atomic E-state index is 0. The summed E-state index contributed by atoms with van der Waals surface area (Å²) >= 11 is 0. The molecular weight excluding hydrogens is 456 g/mol. The lowest BCUT2D eigenvalue weighted by Gasteiger charge is -2.10. The topological polar surface area (TPSA) is 142 Å². The van der Waals surface area contributed by atoms with Crippen molar-refractivity contribution in [2.75, 3.05) is 26.3 Å². The lowest BCUT2D eigenvalue weighted by atomic mass is 10.1. The number of aliphatic hydroxyl groups is 2. The van der Waals surface area contributed by atoms with Crippen molar-refractivity contribution in [3.05, 3.63) is 84.9 Å². The molecule has 184 valence electrons. The fourth-order valence-corrected chi connectivity index (χ4v) is 3.04. The SMILES string of the molecule is Cl.NCC(O)COc1ccc2ccccc2c1.NCC(O)COc1ccc2ccccc2c1.O. The maximum atomic E-state index is 9.28. The number of ether oxygens (including phenoxy) is 2. The Balaban J connectivity index is 0.000000321. The van der Waals surface area contributed by atoms with Gasteiger partial charge in [0.05, 0.1) is 0 Å². The zero-order chi connectivity index (χ0) is 22.8. The predicted molar refractivity (Wildman–Crippen MR) is 140 cm³/mol. The summed E-state index contributed by atoms with van der Waals surface area (Å²) in [6.07, 6.45) is -1.21. The smallest absolute Gasteiger partial charge is 0.120 e. The maximum Gasteiger partial charge on any atom is 0.120 e. The molecule has 0 aromatic heterocycles. The summed E-state index contributed by atoms with van der Waals surface area (Å²) in [6.45, 7) is 0.894. The van der Waals surface area contributed by atoms with Crippen molar-refractivity contribution in [2.24, 2.45) is 11.5 Å². The van der Waals surface area contributed by atoms with Crippen LogP contribution in [0.2, 0.25) is 0 Å². The minimum Gasteiger partial charge on any atom is -0.491 e. The Morgan fingerprint density at radius 2 is 0.941 bits per heavy atom. The second-order valence-electron chi connectivity index (χ2n) is 7.42. The number of hydrogen-bond donors (Lipinski definition) is 4. The van der Waals surface area contributed by atoms with Gasteiger partial charge >= 0.3 is 0 Å². The largest absolute Gasteiger partial charge is 0.491 e. The molecule has 8 heteroatoms. The highest BCUT2D eigenvalue weighted by Gasteiger charge is 2.03. The van der Waals surface area contributed by atoms with Crippen LogP contribution in [0.5, 0.6) is 11.5 Å². The predicted octanol–water partition coefficient (Wildman–Crippen LogP) is 2.67. The molecule has 0 bridgehead atoms. The zero-order valence-corrected chi connectivity index (χ0v) is 19.7. The average Bonchev–Trinajstić information content (AvgIpc) is 2.85. The Hall–Kier alpha value is -2.91. The van der Waals surface area contributed by atoms with Crippen molar-refractivity contribution >= 4 is 34.0 Å². The summed E-state index contributed by atoms with van der Waals surface area (Å²) in [5.41, 5.74) is 10.6. The summed E-state index contributed by atoms with van der Waals surface area (Å²) in [5, 5.41) is 23.2. The van der Waals surface area contributed by atoms with Crippen LogP contribution in [0.4, 0.5) is 0 Å². The zero-order valence-electron chi connectivity index (χ0n) is 18.8. The molecule has 0 saturated heterocycles. The van der Waals surface area contributed by atoms with Crippen LogP contribution in [-0.4, -0.2) is 54.2 Å². The first-order valence-electron chi connectivity index (χ1n) is 10.6. The number of hydrogen-bond acceptors (Lipinski definition) is 6. The molecule has 0 heterocycles. The van der Waals surface area contributed by atoms with Crippen molar-refractivity contribution in [3.63, 3.8) is 0 Å². The molecule has 0 fully saturated rings. The number of halogens is 1. The van der Waals surface area contributed by atoms with Gasteiger partial charge in [0.1, 0.15) is 36.9 Å². The van der Waals surface area contributed by atoms with Gasteiger partial charge in [0.15, 0.2) is 0 Å². The van der Waals surface area contributed by atoms with E-state index in [1.165, 1.54) is 10.8 Å². The van der Waals surface area contributed by atoms with E-state index in [0.29, 0.717) is 0 Å². The Morgan fingerprint density at radius 3 is 1.29 bits per heavy atom. The Bertz CT molecular complexity index is 1040. The van der Waals surface area contributed by atoms with E-state index in [1.54, 1.807) is 0 Å². The van der Waals surface area contributed by atoms with E-state index in [9.17, 15) is 10.2 Å². The van der Waals surface area contributed by atoms with Gasteiger partial charge < -0.3 is 36.6 Å². The number of fused-ring (bicyclic) bond motifs is 2. The van der Waals surface area contributed by atoms with Gasteiger partial charge in [0.2, 0.25) is 0 Å². The summed E-state index contributed by atoms with van der Waals surface area (Å²) in [6, 6.07) is 27.8. The molecule has 0 aliphatic rings. The second kappa shape index (κ2) is 15.1. The summed E-state index contributed by atoms with van der Waals surface area (Å²) in [4.78, 5) is 0. The molecule has 0 saturated carbocycles. The minimum atomic E-state index is -0.605. The molecule has 0 aliphatic heterocycles. The first-order valence-corrected chi connectivity index (χ1v) is 10.6. The first kappa shape index (κ1) is 29.1. The van der Waals surface area contributed by atoms with E-state index in [1.807, 2.05) is 84.9 Å². The third-order valence-corrected chi connectivity index (χ3v) is 4.87. The van der Waals surface area contributed by atoms with Crippen LogP contribution in [0.3, 0.4) is 0 Å². The highest BCUT2D eigenvalue weighted by atomic mass is 35.5. The van der Waals surface area contributed by atoms with Gasteiger partial charge in [-0.25, -0.2) is 0 Å². The number of rotatable bonds is 8. The highest BCUT2D eigenvalue weighted by Crippen LogP contribution is 2.21.